The summed E-state index contributed by atoms with van der Waals surface area (Å²) in [6, 6.07) is 5.44. The van der Waals surface area contributed by atoms with Gasteiger partial charge in [-0.3, -0.25) is 4.79 Å². The molecule has 1 amide bonds. The number of fused-ring (bicyclic) bond motifs is 1. The van der Waals surface area contributed by atoms with E-state index < -0.39 is 0 Å². The van der Waals surface area contributed by atoms with Gasteiger partial charge in [-0.25, -0.2) is 9.97 Å². The van der Waals surface area contributed by atoms with Gasteiger partial charge in [-0.05, 0) is 24.6 Å². The molecule has 0 aliphatic carbocycles. The Morgan fingerprint density at radius 2 is 1.96 bits per heavy atom. The lowest BCUT2D eigenvalue weighted by Crippen LogP contribution is -2.32. The van der Waals surface area contributed by atoms with Gasteiger partial charge in [0.1, 0.15) is 23.7 Å². The summed E-state index contributed by atoms with van der Waals surface area (Å²) >= 11 is 12.1. The van der Waals surface area contributed by atoms with Gasteiger partial charge in [0.15, 0.2) is 0 Å². The van der Waals surface area contributed by atoms with E-state index in [1.165, 1.54) is 6.33 Å². The molecule has 0 saturated heterocycles. The lowest BCUT2D eigenvalue weighted by Gasteiger charge is -2.20. The zero-order chi connectivity index (χ0) is 17.0. The summed E-state index contributed by atoms with van der Waals surface area (Å²) in [5.41, 5.74) is 1.81. The number of rotatable bonds is 1. The third-order valence-corrected chi connectivity index (χ3v) is 3.94. The molecule has 7 heteroatoms. The smallest absolute Gasteiger partial charge is 0.267 e. The minimum Gasteiger partial charge on any atom is -0.475 e. The van der Waals surface area contributed by atoms with Crippen LogP contribution in [0.2, 0.25) is 10.2 Å². The van der Waals surface area contributed by atoms with Crippen molar-refractivity contribution in [3.05, 3.63) is 45.8 Å². The van der Waals surface area contributed by atoms with Gasteiger partial charge in [0, 0.05) is 10.7 Å². The number of nitrogens with zero attached hydrogens (tertiary/aromatic N) is 3. The van der Waals surface area contributed by atoms with Crippen molar-refractivity contribution in [2.75, 3.05) is 18.1 Å². The standard InChI is InChI=1S/C14H11Cl2N3O2.C2H6/c1-8-2-3-9(6-10(8)15)19-4-5-21-13-11(14(19)20)12(16)17-7-18-13;1-2/h2-3,6-7H,4-5H2,1H3;1-2H3. The summed E-state index contributed by atoms with van der Waals surface area (Å²) in [5.74, 6) is -0.0891. The highest BCUT2D eigenvalue weighted by atomic mass is 35.5. The molecule has 0 radical (unpaired) electrons. The van der Waals surface area contributed by atoms with Gasteiger partial charge in [-0.2, -0.15) is 0 Å². The molecular weight excluding hydrogens is 337 g/mol. The third-order valence-electron chi connectivity index (χ3n) is 3.25. The Morgan fingerprint density at radius 1 is 1.22 bits per heavy atom. The summed E-state index contributed by atoms with van der Waals surface area (Å²) < 4.78 is 5.47. The number of benzene rings is 1. The fourth-order valence-corrected chi connectivity index (χ4v) is 2.48. The fourth-order valence-electron chi connectivity index (χ4n) is 2.10. The first-order chi connectivity index (χ1) is 11.1. The molecule has 0 spiro atoms. The van der Waals surface area contributed by atoms with E-state index in [0.717, 1.165) is 5.56 Å². The maximum atomic E-state index is 12.7. The second kappa shape index (κ2) is 7.62. The summed E-state index contributed by atoms with van der Waals surface area (Å²) in [4.78, 5) is 22.1. The van der Waals surface area contributed by atoms with E-state index in [9.17, 15) is 4.79 Å². The molecule has 0 unspecified atom stereocenters. The van der Waals surface area contributed by atoms with Crippen LogP contribution >= 0.6 is 23.2 Å². The molecule has 1 aliphatic rings. The van der Waals surface area contributed by atoms with Crippen LogP contribution in [0.1, 0.15) is 29.8 Å². The minimum absolute atomic E-state index is 0.0788. The number of halogens is 2. The quantitative estimate of drug-likeness (QED) is 0.722. The molecule has 23 heavy (non-hydrogen) atoms. The summed E-state index contributed by atoms with van der Waals surface area (Å²) in [7, 11) is 0. The van der Waals surface area contributed by atoms with Crippen LogP contribution in [0.15, 0.2) is 24.5 Å². The van der Waals surface area contributed by atoms with E-state index in [1.54, 1.807) is 11.0 Å². The Morgan fingerprint density at radius 3 is 2.65 bits per heavy atom. The van der Waals surface area contributed by atoms with Crippen molar-refractivity contribution in [1.82, 2.24) is 9.97 Å². The predicted octanol–water partition coefficient (Wildman–Crippen LogP) is 4.16. The van der Waals surface area contributed by atoms with Crippen LogP contribution in [-0.4, -0.2) is 29.0 Å². The molecule has 0 N–H and O–H groups in total. The normalized spacial score (nSPS) is 13.4. The van der Waals surface area contributed by atoms with Gasteiger partial charge in [-0.1, -0.05) is 43.1 Å². The molecule has 3 rings (SSSR count). The number of aromatic nitrogens is 2. The Kier molecular flexibility index (Phi) is 5.80. The molecule has 2 heterocycles. The lowest BCUT2D eigenvalue weighted by atomic mass is 10.2. The molecule has 2 aromatic rings. The highest BCUT2D eigenvalue weighted by Crippen LogP contribution is 2.30. The Labute approximate surface area is 145 Å². The average Bonchev–Trinajstić information content (AvgIpc) is 2.72. The van der Waals surface area contributed by atoms with E-state index in [2.05, 4.69) is 9.97 Å². The number of ether oxygens (including phenoxy) is 1. The van der Waals surface area contributed by atoms with Crippen LogP contribution in [0, 0.1) is 6.92 Å². The van der Waals surface area contributed by atoms with Crippen LogP contribution in [0.25, 0.3) is 0 Å². The predicted molar refractivity (Wildman–Crippen MR) is 91.8 cm³/mol. The Balaban J connectivity index is 0.000000924. The van der Waals surface area contributed by atoms with Crippen molar-refractivity contribution < 1.29 is 9.53 Å². The van der Waals surface area contributed by atoms with Crippen molar-refractivity contribution in [2.45, 2.75) is 20.8 Å². The molecule has 1 aromatic carbocycles. The van der Waals surface area contributed by atoms with Crippen molar-refractivity contribution in [3.8, 4) is 5.88 Å². The largest absolute Gasteiger partial charge is 0.475 e. The van der Waals surface area contributed by atoms with Gasteiger partial charge >= 0.3 is 0 Å². The first-order valence-corrected chi connectivity index (χ1v) is 8.05. The van der Waals surface area contributed by atoms with Gasteiger partial charge in [0.25, 0.3) is 5.91 Å². The molecule has 0 fully saturated rings. The van der Waals surface area contributed by atoms with Crippen molar-refractivity contribution in [2.24, 2.45) is 0 Å². The van der Waals surface area contributed by atoms with E-state index in [4.69, 9.17) is 27.9 Å². The number of carbonyl (C=O) groups is 1. The maximum absolute atomic E-state index is 12.7. The van der Waals surface area contributed by atoms with Crippen molar-refractivity contribution in [3.63, 3.8) is 0 Å². The number of hydrogen-bond acceptors (Lipinski definition) is 4. The van der Waals surface area contributed by atoms with Crippen molar-refractivity contribution >= 4 is 34.8 Å². The monoisotopic (exact) mass is 353 g/mol. The molecule has 0 saturated carbocycles. The SMILES string of the molecule is CC.Cc1ccc(N2CCOc3ncnc(Cl)c3C2=O)cc1Cl. The van der Waals surface area contributed by atoms with Gasteiger partial charge in [-0.15, -0.1) is 0 Å². The molecule has 122 valence electrons. The zero-order valence-corrected chi connectivity index (χ0v) is 14.6. The molecular formula is C16H17Cl2N3O2. The van der Waals surface area contributed by atoms with E-state index in [-0.39, 0.29) is 22.5 Å². The molecule has 1 aliphatic heterocycles. The number of hydrogen-bond donors (Lipinski definition) is 0. The molecule has 5 nitrogen and oxygen atoms in total. The fraction of sp³-hybridized carbons (Fsp3) is 0.312. The highest BCUT2D eigenvalue weighted by Gasteiger charge is 2.29. The number of aryl methyl sites for hydroxylation is 1. The van der Waals surface area contributed by atoms with Crippen LogP contribution in [0.4, 0.5) is 5.69 Å². The summed E-state index contributed by atoms with van der Waals surface area (Å²) in [6.45, 7) is 6.60. The van der Waals surface area contributed by atoms with Crippen LogP contribution < -0.4 is 9.64 Å². The third kappa shape index (κ3) is 3.57. The summed E-state index contributed by atoms with van der Waals surface area (Å²) in [6.07, 6.45) is 1.27. The first kappa shape index (κ1) is 17.5. The molecule has 0 atom stereocenters. The van der Waals surface area contributed by atoms with Gasteiger partial charge in [0.2, 0.25) is 5.88 Å². The minimum atomic E-state index is -0.298. The first-order valence-electron chi connectivity index (χ1n) is 7.29. The van der Waals surface area contributed by atoms with Crippen LogP contribution in [-0.2, 0) is 0 Å². The van der Waals surface area contributed by atoms with E-state index >= 15 is 0 Å². The maximum Gasteiger partial charge on any atom is 0.267 e. The van der Waals surface area contributed by atoms with Gasteiger partial charge < -0.3 is 9.64 Å². The van der Waals surface area contributed by atoms with E-state index in [0.29, 0.717) is 23.9 Å². The average molecular weight is 354 g/mol. The summed E-state index contributed by atoms with van der Waals surface area (Å²) in [5, 5.41) is 0.677. The Hall–Kier alpha value is -1.85. The van der Waals surface area contributed by atoms with E-state index in [1.807, 2.05) is 32.9 Å². The Bertz CT molecular complexity index is 722. The second-order valence-corrected chi connectivity index (χ2v) is 5.35. The second-order valence-electron chi connectivity index (χ2n) is 4.58. The lowest BCUT2D eigenvalue weighted by molar-refractivity contribution is 0.0989. The van der Waals surface area contributed by atoms with Crippen LogP contribution in [0.5, 0.6) is 5.88 Å². The molecule has 0 bridgehead atoms. The van der Waals surface area contributed by atoms with Gasteiger partial charge in [0.05, 0.1) is 6.54 Å². The highest BCUT2D eigenvalue weighted by molar-refractivity contribution is 6.34. The number of anilines is 1. The number of carbonyl (C=O) groups excluding carboxylic acids is 1. The zero-order valence-electron chi connectivity index (χ0n) is 13.1. The van der Waals surface area contributed by atoms with Crippen LogP contribution in [0.3, 0.4) is 0 Å². The molecule has 1 aromatic heterocycles. The number of amides is 1. The van der Waals surface area contributed by atoms with Crippen molar-refractivity contribution in [1.29, 1.82) is 0 Å². The topological polar surface area (TPSA) is 55.3 Å².